The van der Waals surface area contributed by atoms with Crippen LogP contribution >= 0.6 is 0 Å². The molecule has 1 fully saturated rings. The van der Waals surface area contributed by atoms with Crippen LogP contribution in [0.2, 0.25) is 0 Å². The highest BCUT2D eigenvalue weighted by Crippen LogP contribution is 2.25. The molecule has 0 bridgehead atoms. The zero-order valence-corrected chi connectivity index (χ0v) is 11.1. The van der Waals surface area contributed by atoms with E-state index in [9.17, 15) is 4.79 Å². The second kappa shape index (κ2) is 6.05. The summed E-state index contributed by atoms with van der Waals surface area (Å²) in [5.74, 6) is 0.769. The van der Waals surface area contributed by atoms with Crippen molar-refractivity contribution in [2.45, 2.75) is 39.2 Å². The van der Waals surface area contributed by atoms with Crippen molar-refractivity contribution < 1.29 is 13.9 Å². The van der Waals surface area contributed by atoms with Crippen molar-refractivity contribution >= 4 is 5.97 Å². The van der Waals surface area contributed by atoms with Gasteiger partial charge in [0.05, 0.1) is 12.6 Å². The molecule has 4 heteroatoms. The Morgan fingerprint density at radius 3 is 2.78 bits per heavy atom. The molecule has 2 rings (SSSR count). The zero-order chi connectivity index (χ0) is 13.0. The van der Waals surface area contributed by atoms with Crippen molar-refractivity contribution in [2.24, 2.45) is 0 Å². The van der Waals surface area contributed by atoms with Crippen LogP contribution in [0.5, 0.6) is 0 Å². The quantitative estimate of drug-likeness (QED) is 0.771. The lowest BCUT2D eigenvalue weighted by atomic mass is 10.1. The van der Waals surface area contributed by atoms with E-state index in [1.54, 1.807) is 13.0 Å². The summed E-state index contributed by atoms with van der Waals surface area (Å²) in [6, 6.07) is 3.81. The summed E-state index contributed by atoms with van der Waals surface area (Å²) in [5.41, 5.74) is 0. The summed E-state index contributed by atoms with van der Waals surface area (Å²) in [4.78, 5) is 13.9. The minimum Gasteiger partial charge on any atom is -0.460 e. The van der Waals surface area contributed by atoms with Gasteiger partial charge in [-0.05, 0) is 51.9 Å². The van der Waals surface area contributed by atoms with Gasteiger partial charge in [0, 0.05) is 0 Å². The Labute approximate surface area is 108 Å². The normalized spacial score (nSPS) is 18.6. The Hall–Kier alpha value is -1.29. The molecule has 0 radical (unpaired) electrons. The monoisotopic (exact) mass is 251 g/mol. The largest absolute Gasteiger partial charge is 0.460 e. The number of likely N-dealkylation sites (tertiary alicyclic amines) is 1. The molecule has 18 heavy (non-hydrogen) atoms. The Balaban J connectivity index is 2.02. The van der Waals surface area contributed by atoms with Gasteiger partial charge in [-0.25, -0.2) is 4.79 Å². The van der Waals surface area contributed by atoms with Crippen LogP contribution in [0.25, 0.3) is 0 Å². The Bertz CT molecular complexity index is 393. The van der Waals surface area contributed by atoms with Crippen LogP contribution < -0.4 is 0 Å². The van der Waals surface area contributed by atoms with Crippen LogP contribution in [0.3, 0.4) is 0 Å². The van der Waals surface area contributed by atoms with E-state index in [0.717, 1.165) is 18.8 Å². The average Bonchev–Trinajstić information content (AvgIpc) is 2.89. The van der Waals surface area contributed by atoms with Crippen LogP contribution in [-0.4, -0.2) is 30.6 Å². The number of nitrogens with zero attached hydrogens (tertiary/aromatic N) is 1. The van der Waals surface area contributed by atoms with Crippen LogP contribution in [0.15, 0.2) is 16.5 Å². The molecule has 0 amide bonds. The summed E-state index contributed by atoms with van der Waals surface area (Å²) < 4.78 is 10.5. The van der Waals surface area contributed by atoms with Gasteiger partial charge in [0.2, 0.25) is 5.76 Å². The van der Waals surface area contributed by atoms with Gasteiger partial charge < -0.3 is 9.15 Å². The second-order valence-electron chi connectivity index (χ2n) is 4.70. The number of hydrogen-bond donors (Lipinski definition) is 0. The standard InChI is InChI=1S/C14H21NO3/c1-3-17-14(16)13-8-7-12(18-13)11(2)15-9-5-4-6-10-15/h7-8,11H,3-6,9-10H2,1-2H3. The first kappa shape index (κ1) is 13.1. The molecule has 0 aromatic carbocycles. The van der Waals surface area contributed by atoms with Crippen LogP contribution in [0.1, 0.15) is 55.5 Å². The van der Waals surface area contributed by atoms with E-state index < -0.39 is 0 Å². The van der Waals surface area contributed by atoms with Gasteiger partial charge in [-0.1, -0.05) is 6.42 Å². The van der Waals surface area contributed by atoms with E-state index in [1.165, 1.54) is 19.3 Å². The first-order chi connectivity index (χ1) is 8.72. The molecule has 1 aromatic rings. The van der Waals surface area contributed by atoms with Gasteiger partial charge in [-0.15, -0.1) is 0 Å². The third-order valence-corrected chi connectivity index (χ3v) is 3.45. The van der Waals surface area contributed by atoms with Gasteiger partial charge in [-0.3, -0.25) is 4.90 Å². The van der Waals surface area contributed by atoms with Gasteiger partial charge in [0.1, 0.15) is 5.76 Å². The fourth-order valence-electron chi connectivity index (χ4n) is 2.37. The smallest absolute Gasteiger partial charge is 0.374 e. The first-order valence-electron chi connectivity index (χ1n) is 6.73. The summed E-state index contributed by atoms with van der Waals surface area (Å²) in [7, 11) is 0. The maximum Gasteiger partial charge on any atom is 0.374 e. The maximum absolute atomic E-state index is 11.5. The van der Waals surface area contributed by atoms with Gasteiger partial charge in [0.25, 0.3) is 0 Å². The van der Waals surface area contributed by atoms with Crippen molar-refractivity contribution in [3.05, 3.63) is 23.7 Å². The molecule has 0 aliphatic carbocycles. The highest BCUT2D eigenvalue weighted by atomic mass is 16.5. The molecule has 0 spiro atoms. The zero-order valence-electron chi connectivity index (χ0n) is 11.1. The first-order valence-corrected chi connectivity index (χ1v) is 6.73. The topological polar surface area (TPSA) is 42.7 Å². The molecule has 1 aliphatic rings. The third-order valence-electron chi connectivity index (χ3n) is 3.45. The minimum atomic E-state index is -0.380. The number of piperidine rings is 1. The average molecular weight is 251 g/mol. The van der Waals surface area contributed by atoms with E-state index in [1.807, 2.05) is 6.07 Å². The molecule has 4 nitrogen and oxygen atoms in total. The van der Waals surface area contributed by atoms with Crippen molar-refractivity contribution in [1.29, 1.82) is 0 Å². The van der Waals surface area contributed by atoms with E-state index in [-0.39, 0.29) is 12.0 Å². The number of hydrogen-bond acceptors (Lipinski definition) is 4. The SMILES string of the molecule is CCOC(=O)c1ccc(C(C)N2CCCCC2)o1. The maximum atomic E-state index is 11.5. The molecular formula is C14H21NO3. The van der Waals surface area contributed by atoms with Crippen LogP contribution in [0.4, 0.5) is 0 Å². The van der Waals surface area contributed by atoms with E-state index in [4.69, 9.17) is 9.15 Å². The van der Waals surface area contributed by atoms with E-state index in [0.29, 0.717) is 12.4 Å². The van der Waals surface area contributed by atoms with Gasteiger partial charge >= 0.3 is 5.97 Å². The summed E-state index contributed by atoms with van der Waals surface area (Å²) in [6.07, 6.45) is 3.81. The summed E-state index contributed by atoms with van der Waals surface area (Å²) in [6.45, 7) is 6.50. The highest BCUT2D eigenvalue weighted by molar-refractivity contribution is 5.86. The van der Waals surface area contributed by atoms with Crippen molar-refractivity contribution in [1.82, 2.24) is 4.90 Å². The van der Waals surface area contributed by atoms with E-state index in [2.05, 4.69) is 11.8 Å². The molecule has 1 atom stereocenters. The molecule has 0 N–H and O–H groups in total. The van der Waals surface area contributed by atoms with Crippen LogP contribution in [-0.2, 0) is 4.74 Å². The Kier molecular flexibility index (Phi) is 4.42. The lowest BCUT2D eigenvalue weighted by Crippen LogP contribution is -2.32. The predicted molar refractivity (Wildman–Crippen MR) is 68.5 cm³/mol. The Morgan fingerprint density at radius 2 is 2.11 bits per heavy atom. The highest BCUT2D eigenvalue weighted by Gasteiger charge is 2.22. The number of rotatable bonds is 4. The molecule has 1 unspecified atom stereocenters. The second-order valence-corrected chi connectivity index (χ2v) is 4.70. The lowest BCUT2D eigenvalue weighted by molar-refractivity contribution is 0.0483. The van der Waals surface area contributed by atoms with Crippen molar-refractivity contribution in [3.63, 3.8) is 0 Å². The molecule has 0 saturated carbocycles. The summed E-state index contributed by atoms with van der Waals surface area (Å²) in [5, 5.41) is 0. The number of furan rings is 1. The number of carbonyl (C=O) groups excluding carboxylic acids is 1. The van der Waals surface area contributed by atoms with Crippen molar-refractivity contribution in [2.75, 3.05) is 19.7 Å². The predicted octanol–water partition coefficient (Wildman–Crippen LogP) is 3.00. The minimum absolute atomic E-state index is 0.230. The molecule has 1 aliphatic heterocycles. The Morgan fingerprint density at radius 1 is 1.39 bits per heavy atom. The number of carbonyl (C=O) groups is 1. The van der Waals surface area contributed by atoms with Crippen LogP contribution in [0, 0.1) is 0 Å². The van der Waals surface area contributed by atoms with Gasteiger partial charge in [0.15, 0.2) is 0 Å². The fraction of sp³-hybridized carbons (Fsp3) is 0.643. The number of esters is 1. The molecule has 1 saturated heterocycles. The number of ether oxygens (including phenoxy) is 1. The third kappa shape index (κ3) is 2.93. The lowest BCUT2D eigenvalue weighted by Gasteiger charge is -2.31. The summed E-state index contributed by atoms with van der Waals surface area (Å²) >= 11 is 0. The molecule has 1 aromatic heterocycles. The fourth-order valence-corrected chi connectivity index (χ4v) is 2.37. The molecular weight excluding hydrogens is 230 g/mol. The van der Waals surface area contributed by atoms with E-state index >= 15 is 0 Å². The van der Waals surface area contributed by atoms with Crippen molar-refractivity contribution in [3.8, 4) is 0 Å². The molecule has 100 valence electrons. The molecule has 2 heterocycles. The van der Waals surface area contributed by atoms with Gasteiger partial charge in [-0.2, -0.15) is 0 Å².